The molecule has 1 aliphatic heterocycles. The van der Waals surface area contributed by atoms with Crippen molar-refractivity contribution in [1.82, 2.24) is 19.8 Å². The summed E-state index contributed by atoms with van der Waals surface area (Å²) in [5.41, 5.74) is 4.84. The molecule has 5 nitrogen and oxygen atoms in total. The molecule has 20 heavy (non-hydrogen) atoms. The van der Waals surface area contributed by atoms with Crippen LogP contribution in [0, 0.1) is 20.8 Å². The highest BCUT2D eigenvalue weighted by atomic mass is 16.5. The molecule has 0 N–H and O–H groups in total. The lowest BCUT2D eigenvalue weighted by molar-refractivity contribution is 0.238. The minimum Gasteiger partial charge on any atom is -0.361 e. The molecular weight excluding hydrogens is 252 g/mol. The molecule has 0 bridgehead atoms. The van der Waals surface area contributed by atoms with Crippen LogP contribution in [0.2, 0.25) is 0 Å². The van der Waals surface area contributed by atoms with E-state index >= 15 is 0 Å². The van der Waals surface area contributed by atoms with Crippen molar-refractivity contribution in [1.29, 1.82) is 0 Å². The lowest BCUT2D eigenvalue weighted by Crippen LogP contribution is -2.23. The first kappa shape index (κ1) is 13.4. The van der Waals surface area contributed by atoms with Crippen LogP contribution >= 0.6 is 0 Å². The van der Waals surface area contributed by atoms with Crippen molar-refractivity contribution in [2.24, 2.45) is 7.05 Å². The van der Waals surface area contributed by atoms with Crippen molar-refractivity contribution >= 4 is 0 Å². The first-order chi connectivity index (χ1) is 9.56. The smallest absolute Gasteiger partial charge is 0.133 e. The summed E-state index contributed by atoms with van der Waals surface area (Å²) in [7, 11) is 2.02. The molecular formula is C15H22N4O. The topological polar surface area (TPSA) is 47.1 Å². The standard InChI is InChI=1S/C15H22N4O/c1-10-8-13(17-20-10)9-19-7-5-6-14(19)15-11(2)16-18(4)12(15)3/h8,14H,5-7,9H2,1-4H3/t14-/m0/s1. The molecule has 0 radical (unpaired) electrons. The van der Waals surface area contributed by atoms with E-state index in [0.29, 0.717) is 6.04 Å². The van der Waals surface area contributed by atoms with Gasteiger partial charge in [0.2, 0.25) is 0 Å². The Hall–Kier alpha value is -1.62. The molecule has 3 heterocycles. The number of rotatable bonds is 3. The fourth-order valence-corrected chi connectivity index (χ4v) is 3.32. The highest BCUT2D eigenvalue weighted by molar-refractivity contribution is 5.29. The summed E-state index contributed by atoms with van der Waals surface area (Å²) in [6.45, 7) is 8.18. The molecule has 2 aromatic rings. The summed E-state index contributed by atoms with van der Waals surface area (Å²) in [6, 6.07) is 2.49. The summed E-state index contributed by atoms with van der Waals surface area (Å²) in [5, 5.41) is 8.68. The van der Waals surface area contributed by atoms with Gasteiger partial charge in [0.1, 0.15) is 5.76 Å². The largest absolute Gasteiger partial charge is 0.361 e. The molecule has 108 valence electrons. The van der Waals surface area contributed by atoms with Gasteiger partial charge in [-0.25, -0.2) is 0 Å². The fraction of sp³-hybridized carbons (Fsp3) is 0.600. The van der Waals surface area contributed by atoms with E-state index in [9.17, 15) is 0 Å². The average Bonchev–Trinajstić information content (AvgIpc) is 3.05. The molecule has 0 aromatic carbocycles. The van der Waals surface area contributed by atoms with E-state index < -0.39 is 0 Å². The maximum atomic E-state index is 5.17. The maximum absolute atomic E-state index is 5.17. The molecule has 1 saturated heterocycles. The molecule has 1 fully saturated rings. The average molecular weight is 274 g/mol. The highest BCUT2D eigenvalue weighted by Gasteiger charge is 2.30. The first-order valence-corrected chi connectivity index (χ1v) is 7.22. The summed E-state index contributed by atoms with van der Waals surface area (Å²) >= 11 is 0. The minimum absolute atomic E-state index is 0.459. The predicted octanol–water partition coefficient (Wildman–Crippen LogP) is 2.67. The SMILES string of the molecule is Cc1cc(CN2CCC[C@H]2c2c(C)nn(C)c2C)no1. The summed E-state index contributed by atoms with van der Waals surface area (Å²) < 4.78 is 7.16. The van der Waals surface area contributed by atoms with Gasteiger partial charge in [0.15, 0.2) is 0 Å². The molecule has 1 aliphatic rings. The lowest BCUT2D eigenvalue weighted by Gasteiger charge is -2.24. The molecule has 0 amide bonds. The molecule has 3 rings (SSSR count). The van der Waals surface area contributed by atoms with Crippen molar-refractivity contribution in [3.8, 4) is 0 Å². The van der Waals surface area contributed by atoms with E-state index in [2.05, 4.69) is 29.0 Å². The summed E-state index contributed by atoms with van der Waals surface area (Å²) in [4.78, 5) is 2.49. The Morgan fingerprint density at radius 2 is 2.15 bits per heavy atom. The molecule has 1 atom stereocenters. The van der Waals surface area contributed by atoms with Crippen molar-refractivity contribution in [3.63, 3.8) is 0 Å². The Morgan fingerprint density at radius 3 is 2.75 bits per heavy atom. The van der Waals surface area contributed by atoms with Crippen LogP contribution in [-0.4, -0.2) is 26.4 Å². The van der Waals surface area contributed by atoms with Gasteiger partial charge in [0.05, 0.1) is 11.4 Å². The van der Waals surface area contributed by atoms with E-state index in [1.54, 1.807) is 0 Å². The van der Waals surface area contributed by atoms with Crippen LogP contribution in [0.1, 0.15) is 47.3 Å². The third-order valence-corrected chi connectivity index (χ3v) is 4.30. The van der Waals surface area contributed by atoms with E-state index in [-0.39, 0.29) is 0 Å². The Kier molecular flexibility index (Phi) is 3.38. The fourth-order valence-electron chi connectivity index (χ4n) is 3.32. The molecule has 0 aliphatic carbocycles. The Balaban J connectivity index is 1.85. The van der Waals surface area contributed by atoms with Crippen LogP contribution < -0.4 is 0 Å². The zero-order chi connectivity index (χ0) is 14.3. The van der Waals surface area contributed by atoms with E-state index in [0.717, 1.165) is 30.2 Å². The van der Waals surface area contributed by atoms with Crippen LogP contribution in [0.15, 0.2) is 10.6 Å². The van der Waals surface area contributed by atoms with Gasteiger partial charge >= 0.3 is 0 Å². The van der Waals surface area contributed by atoms with Gasteiger partial charge in [-0.3, -0.25) is 9.58 Å². The van der Waals surface area contributed by atoms with Gasteiger partial charge in [0, 0.05) is 37.0 Å². The number of nitrogens with zero attached hydrogens (tertiary/aromatic N) is 4. The molecule has 0 spiro atoms. The summed E-state index contributed by atoms with van der Waals surface area (Å²) in [5.74, 6) is 0.879. The van der Waals surface area contributed by atoms with Crippen LogP contribution in [0.4, 0.5) is 0 Å². The normalized spacial score (nSPS) is 19.9. The number of aromatic nitrogens is 3. The quantitative estimate of drug-likeness (QED) is 0.863. The van der Waals surface area contributed by atoms with Crippen LogP contribution in [0.25, 0.3) is 0 Å². The number of aryl methyl sites for hydroxylation is 3. The van der Waals surface area contributed by atoms with Gasteiger partial charge in [-0.15, -0.1) is 0 Å². The second kappa shape index (κ2) is 5.05. The third kappa shape index (κ3) is 2.26. The number of hydrogen-bond donors (Lipinski definition) is 0. The van der Waals surface area contributed by atoms with Gasteiger partial charge in [0.25, 0.3) is 0 Å². The Labute approximate surface area is 119 Å². The van der Waals surface area contributed by atoms with Gasteiger partial charge in [-0.05, 0) is 40.2 Å². The van der Waals surface area contributed by atoms with E-state index in [1.165, 1.54) is 24.1 Å². The third-order valence-electron chi connectivity index (χ3n) is 4.30. The predicted molar refractivity (Wildman–Crippen MR) is 76.3 cm³/mol. The molecule has 5 heteroatoms. The van der Waals surface area contributed by atoms with Crippen molar-refractivity contribution < 1.29 is 4.52 Å². The Morgan fingerprint density at radius 1 is 1.35 bits per heavy atom. The second-order valence-electron chi connectivity index (χ2n) is 5.77. The van der Waals surface area contributed by atoms with Gasteiger partial charge in [-0.2, -0.15) is 5.10 Å². The van der Waals surface area contributed by atoms with Gasteiger partial charge < -0.3 is 4.52 Å². The highest BCUT2D eigenvalue weighted by Crippen LogP contribution is 2.36. The zero-order valence-corrected chi connectivity index (χ0v) is 12.7. The van der Waals surface area contributed by atoms with Crippen LogP contribution in [-0.2, 0) is 13.6 Å². The van der Waals surface area contributed by atoms with Crippen LogP contribution in [0.5, 0.6) is 0 Å². The minimum atomic E-state index is 0.459. The zero-order valence-electron chi connectivity index (χ0n) is 12.7. The van der Waals surface area contributed by atoms with Gasteiger partial charge in [-0.1, -0.05) is 5.16 Å². The first-order valence-electron chi connectivity index (χ1n) is 7.22. The van der Waals surface area contributed by atoms with Crippen LogP contribution in [0.3, 0.4) is 0 Å². The van der Waals surface area contributed by atoms with Crippen molar-refractivity contribution in [3.05, 3.63) is 34.5 Å². The molecule has 0 unspecified atom stereocenters. The monoisotopic (exact) mass is 274 g/mol. The van der Waals surface area contributed by atoms with Crippen molar-refractivity contribution in [2.75, 3.05) is 6.54 Å². The van der Waals surface area contributed by atoms with E-state index in [4.69, 9.17) is 4.52 Å². The molecule has 0 saturated carbocycles. The number of likely N-dealkylation sites (tertiary alicyclic amines) is 1. The summed E-state index contributed by atoms with van der Waals surface area (Å²) in [6.07, 6.45) is 2.43. The second-order valence-corrected chi connectivity index (χ2v) is 5.77. The lowest BCUT2D eigenvalue weighted by atomic mass is 10.0. The molecule has 2 aromatic heterocycles. The van der Waals surface area contributed by atoms with E-state index in [1.807, 2.05) is 24.7 Å². The van der Waals surface area contributed by atoms with Crippen molar-refractivity contribution in [2.45, 2.75) is 46.2 Å². The maximum Gasteiger partial charge on any atom is 0.133 e. The number of hydrogen-bond acceptors (Lipinski definition) is 4. The Bertz CT molecular complexity index is 613.